The van der Waals surface area contributed by atoms with Crippen LogP contribution < -0.4 is 5.32 Å². The Hall–Kier alpha value is -1.85. The van der Waals surface area contributed by atoms with Crippen molar-refractivity contribution in [2.45, 2.75) is 46.3 Å². The van der Waals surface area contributed by atoms with Crippen LogP contribution in [0.4, 0.5) is 0 Å². The number of rotatable bonds is 8. The van der Waals surface area contributed by atoms with E-state index < -0.39 is 6.04 Å². The molecule has 150 valence electrons. The highest BCUT2D eigenvalue weighted by Crippen LogP contribution is 2.19. The maximum absolute atomic E-state index is 13.0. The summed E-state index contributed by atoms with van der Waals surface area (Å²) in [6.07, 6.45) is 0.592. The smallest absolute Gasteiger partial charge is 0.243 e. The number of carbonyl (C=O) groups excluding carboxylic acids is 2. The van der Waals surface area contributed by atoms with Crippen LogP contribution in [-0.2, 0) is 22.7 Å². The van der Waals surface area contributed by atoms with Crippen molar-refractivity contribution < 1.29 is 9.59 Å². The molecule has 0 aliphatic rings. The third-order valence-electron chi connectivity index (χ3n) is 4.46. The van der Waals surface area contributed by atoms with Gasteiger partial charge in [-0.3, -0.25) is 9.59 Å². The van der Waals surface area contributed by atoms with Crippen molar-refractivity contribution in [2.75, 3.05) is 0 Å². The molecular formula is C22H26BrClN2O2. The zero-order valence-electron chi connectivity index (χ0n) is 16.4. The average molecular weight is 466 g/mol. The second-order valence-corrected chi connectivity index (χ2v) is 8.52. The predicted molar refractivity (Wildman–Crippen MR) is 117 cm³/mol. The number of halogens is 2. The molecule has 0 fully saturated rings. The molecule has 1 N–H and O–H groups in total. The van der Waals surface area contributed by atoms with E-state index in [-0.39, 0.29) is 17.7 Å². The summed E-state index contributed by atoms with van der Waals surface area (Å²) < 4.78 is 0.945. The Balaban J connectivity index is 2.17. The van der Waals surface area contributed by atoms with Gasteiger partial charge >= 0.3 is 0 Å². The average Bonchev–Trinajstić information content (AvgIpc) is 2.64. The Labute approximate surface area is 180 Å². The lowest BCUT2D eigenvalue weighted by atomic mass is 10.0. The zero-order chi connectivity index (χ0) is 20.7. The molecule has 2 aromatic rings. The van der Waals surface area contributed by atoms with Gasteiger partial charge in [-0.05, 0) is 41.7 Å². The molecule has 0 aromatic heterocycles. The summed E-state index contributed by atoms with van der Waals surface area (Å²) in [5.74, 6) is -0.00321. The van der Waals surface area contributed by atoms with Crippen molar-refractivity contribution in [3.63, 3.8) is 0 Å². The minimum Gasteiger partial charge on any atom is -0.350 e. The lowest BCUT2D eigenvalue weighted by Gasteiger charge is -2.31. The van der Waals surface area contributed by atoms with Gasteiger partial charge in [0.05, 0.1) is 0 Å². The number of hydrogen-bond acceptors (Lipinski definition) is 2. The third kappa shape index (κ3) is 6.64. The molecule has 0 aliphatic carbocycles. The first-order valence-electron chi connectivity index (χ1n) is 9.30. The van der Waals surface area contributed by atoms with E-state index in [4.69, 9.17) is 11.6 Å². The minimum atomic E-state index is -0.532. The van der Waals surface area contributed by atoms with Gasteiger partial charge in [-0.1, -0.05) is 71.7 Å². The SMILES string of the molecule is CC(=O)N(Cc1ccc(Cl)cc1)C(CC(C)C)C(=O)NCc1ccccc1Br. The standard InChI is InChI=1S/C22H26BrClN2O2/c1-15(2)12-21(22(28)25-13-18-6-4-5-7-20(18)23)26(16(3)27)14-17-8-10-19(24)11-9-17/h4-11,15,21H,12-14H2,1-3H3,(H,25,28). The van der Waals surface area contributed by atoms with Gasteiger partial charge in [0.25, 0.3) is 0 Å². The Morgan fingerprint density at radius 2 is 1.75 bits per heavy atom. The summed E-state index contributed by atoms with van der Waals surface area (Å²) >= 11 is 9.46. The highest BCUT2D eigenvalue weighted by molar-refractivity contribution is 9.10. The van der Waals surface area contributed by atoms with Crippen LogP contribution in [0.1, 0.15) is 38.3 Å². The van der Waals surface area contributed by atoms with Crippen molar-refractivity contribution >= 4 is 39.3 Å². The number of nitrogens with zero attached hydrogens (tertiary/aromatic N) is 1. The molecule has 2 amide bonds. The van der Waals surface area contributed by atoms with Crippen LogP contribution in [0, 0.1) is 5.92 Å². The molecule has 0 heterocycles. The largest absolute Gasteiger partial charge is 0.350 e. The van der Waals surface area contributed by atoms with E-state index in [0.717, 1.165) is 15.6 Å². The van der Waals surface area contributed by atoms with Gasteiger partial charge in [-0.15, -0.1) is 0 Å². The summed E-state index contributed by atoms with van der Waals surface area (Å²) in [4.78, 5) is 27.0. The van der Waals surface area contributed by atoms with Crippen LogP contribution in [0.5, 0.6) is 0 Å². The van der Waals surface area contributed by atoms with Crippen LogP contribution in [0.15, 0.2) is 53.0 Å². The number of nitrogens with one attached hydrogen (secondary N) is 1. The number of benzene rings is 2. The van der Waals surface area contributed by atoms with Crippen molar-refractivity contribution in [1.29, 1.82) is 0 Å². The molecule has 0 bridgehead atoms. The maximum Gasteiger partial charge on any atom is 0.243 e. The fraction of sp³-hybridized carbons (Fsp3) is 0.364. The summed E-state index contributed by atoms with van der Waals surface area (Å²) in [5.41, 5.74) is 1.93. The maximum atomic E-state index is 13.0. The van der Waals surface area contributed by atoms with Crippen LogP contribution in [0.25, 0.3) is 0 Å². The Morgan fingerprint density at radius 3 is 2.32 bits per heavy atom. The Morgan fingerprint density at radius 1 is 1.11 bits per heavy atom. The first kappa shape index (κ1) is 22.4. The second-order valence-electron chi connectivity index (χ2n) is 7.23. The van der Waals surface area contributed by atoms with E-state index in [1.54, 1.807) is 17.0 Å². The quantitative estimate of drug-likeness (QED) is 0.584. The number of amides is 2. The first-order chi connectivity index (χ1) is 13.3. The van der Waals surface area contributed by atoms with Crippen LogP contribution in [-0.4, -0.2) is 22.8 Å². The van der Waals surface area contributed by atoms with Crippen molar-refractivity contribution in [1.82, 2.24) is 10.2 Å². The molecule has 0 saturated carbocycles. The van der Waals surface area contributed by atoms with Crippen molar-refractivity contribution in [3.05, 3.63) is 69.2 Å². The minimum absolute atomic E-state index is 0.128. The van der Waals surface area contributed by atoms with E-state index in [2.05, 4.69) is 35.1 Å². The summed E-state index contributed by atoms with van der Waals surface area (Å²) in [7, 11) is 0. The Bertz CT molecular complexity index is 808. The van der Waals surface area contributed by atoms with E-state index in [9.17, 15) is 9.59 Å². The van der Waals surface area contributed by atoms with Gasteiger partial charge in [-0.2, -0.15) is 0 Å². The molecular weight excluding hydrogens is 440 g/mol. The molecule has 28 heavy (non-hydrogen) atoms. The first-order valence-corrected chi connectivity index (χ1v) is 10.5. The third-order valence-corrected chi connectivity index (χ3v) is 5.48. The molecule has 0 spiro atoms. The van der Waals surface area contributed by atoms with Gasteiger partial charge < -0.3 is 10.2 Å². The van der Waals surface area contributed by atoms with Crippen molar-refractivity contribution in [2.24, 2.45) is 5.92 Å². The van der Waals surface area contributed by atoms with E-state index in [1.807, 2.05) is 36.4 Å². The van der Waals surface area contributed by atoms with E-state index in [1.165, 1.54) is 6.92 Å². The predicted octanol–water partition coefficient (Wildman–Crippen LogP) is 5.18. The fourth-order valence-corrected chi connectivity index (χ4v) is 3.54. The van der Waals surface area contributed by atoms with Crippen LogP contribution >= 0.6 is 27.5 Å². The molecule has 4 nitrogen and oxygen atoms in total. The number of carbonyl (C=O) groups is 2. The van der Waals surface area contributed by atoms with E-state index in [0.29, 0.717) is 24.5 Å². The number of hydrogen-bond donors (Lipinski definition) is 1. The Kier molecular flexibility index (Phi) is 8.52. The van der Waals surface area contributed by atoms with Crippen LogP contribution in [0.2, 0.25) is 5.02 Å². The molecule has 1 atom stereocenters. The molecule has 0 saturated heterocycles. The van der Waals surface area contributed by atoms with Crippen molar-refractivity contribution in [3.8, 4) is 0 Å². The lowest BCUT2D eigenvalue weighted by molar-refractivity contribution is -0.140. The molecule has 1 unspecified atom stereocenters. The van der Waals surface area contributed by atoms with Gasteiger partial charge in [-0.25, -0.2) is 0 Å². The summed E-state index contributed by atoms with van der Waals surface area (Å²) in [6.45, 7) is 6.38. The normalized spacial score (nSPS) is 11.9. The van der Waals surface area contributed by atoms with Gasteiger partial charge in [0.15, 0.2) is 0 Å². The highest BCUT2D eigenvalue weighted by atomic mass is 79.9. The molecule has 0 aliphatic heterocycles. The summed E-state index contributed by atoms with van der Waals surface area (Å²) in [5, 5.41) is 3.63. The molecule has 6 heteroatoms. The second kappa shape index (κ2) is 10.6. The van der Waals surface area contributed by atoms with E-state index >= 15 is 0 Å². The zero-order valence-corrected chi connectivity index (χ0v) is 18.8. The molecule has 0 radical (unpaired) electrons. The lowest BCUT2D eigenvalue weighted by Crippen LogP contribution is -2.49. The topological polar surface area (TPSA) is 49.4 Å². The van der Waals surface area contributed by atoms with Crippen LogP contribution in [0.3, 0.4) is 0 Å². The summed E-state index contributed by atoms with van der Waals surface area (Å²) in [6, 6.07) is 14.6. The fourth-order valence-electron chi connectivity index (χ4n) is 2.99. The monoisotopic (exact) mass is 464 g/mol. The van der Waals surface area contributed by atoms with Gasteiger partial charge in [0, 0.05) is 29.5 Å². The highest BCUT2D eigenvalue weighted by Gasteiger charge is 2.28. The van der Waals surface area contributed by atoms with Gasteiger partial charge in [0.2, 0.25) is 11.8 Å². The van der Waals surface area contributed by atoms with Gasteiger partial charge in [0.1, 0.15) is 6.04 Å². The molecule has 2 rings (SSSR count). The molecule has 2 aromatic carbocycles.